The topological polar surface area (TPSA) is 41.1 Å². The summed E-state index contributed by atoms with van der Waals surface area (Å²) in [4.78, 5) is 11.0. The first-order valence-electron chi connectivity index (χ1n) is 5.90. The van der Waals surface area contributed by atoms with Gasteiger partial charge < -0.3 is 10.6 Å². The van der Waals surface area contributed by atoms with E-state index in [1.165, 1.54) is 11.1 Å². The Kier molecular flexibility index (Phi) is 4.18. The highest BCUT2D eigenvalue weighted by Crippen LogP contribution is 2.17. The van der Waals surface area contributed by atoms with Gasteiger partial charge in [0, 0.05) is 30.0 Å². The average molecular weight is 297 g/mol. The second kappa shape index (κ2) is 5.65. The molecule has 17 heavy (non-hydrogen) atoms. The Morgan fingerprint density at radius 1 is 1.53 bits per heavy atom. The van der Waals surface area contributed by atoms with E-state index >= 15 is 0 Å². The van der Waals surface area contributed by atoms with Gasteiger partial charge in [-0.15, -0.1) is 0 Å². The van der Waals surface area contributed by atoms with Crippen molar-refractivity contribution in [1.29, 1.82) is 0 Å². The molecule has 1 unspecified atom stereocenters. The molecule has 1 saturated heterocycles. The molecule has 1 aromatic rings. The quantitative estimate of drug-likeness (QED) is 0.897. The van der Waals surface area contributed by atoms with Gasteiger partial charge in [-0.05, 0) is 30.5 Å². The van der Waals surface area contributed by atoms with Crippen molar-refractivity contribution in [2.45, 2.75) is 32.4 Å². The van der Waals surface area contributed by atoms with Gasteiger partial charge in [0.05, 0.1) is 0 Å². The van der Waals surface area contributed by atoms with Crippen LogP contribution in [0.25, 0.3) is 0 Å². The summed E-state index contributed by atoms with van der Waals surface area (Å²) in [5, 5.41) is 6.36. The second-order valence-corrected chi connectivity index (χ2v) is 5.36. The number of amides is 1. The molecular weight excluding hydrogens is 280 g/mol. The summed E-state index contributed by atoms with van der Waals surface area (Å²) in [5.41, 5.74) is 2.53. The van der Waals surface area contributed by atoms with Crippen LogP contribution in [0.4, 0.5) is 0 Å². The molecule has 0 aromatic heterocycles. The standard InChI is InChI=1S/C13H17BrN2O/c1-9-6-10(2-4-12(9)14)7-15-11-3-5-13(17)16-8-11/h2,4,6,11,15H,3,5,7-8H2,1H3,(H,16,17). The largest absolute Gasteiger partial charge is 0.355 e. The number of hydrogen-bond acceptors (Lipinski definition) is 2. The lowest BCUT2D eigenvalue weighted by Crippen LogP contribution is -2.45. The number of carbonyl (C=O) groups is 1. The van der Waals surface area contributed by atoms with E-state index < -0.39 is 0 Å². The zero-order chi connectivity index (χ0) is 12.3. The fourth-order valence-corrected chi connectivity index (χ4v) is 2.23. The molecule has 0 spiro atoms. The summed E-state index contributed by atoms with van der Waals surface area (Å²) in [7, 11) is 0. The maximum absolute atomic E-state index is 11.0. The van der Waals surface area contributed by atoms with Crippen molar-refractivity contribution in [3.63, 3.8) is 0 Å². The highest BCUT2D eigenvalue weighted by molar-refractivity contribution is 9.10. The van der Waals surface area contributed by atoms with Gasteiger partial charge >= 0.3 is 0 Å². The fraction of sp³-hybridized carbons (Fsp3) is 0.462. The molecule has 1 amide bonds. The van der Waals surface area contributed by atoms with E-state index in [-0.39, 0.29) is 5.91 Å². The molecule has 0 aliphatic carbocycles. The molecule has 3 nitrogen and oxygen atoms in total. The normalized spacial score (nSPS) is 20.1. The van der Waals surface area contributed by atoms with Crippen LogP contribution >= 0.6 is 15.9 Å². The molecule has 0 bridgehead atoms. The first kappa shape index (κ1) is 12.6. The zero-order valence-corrected chi connectivity index (χ0v) is 11.5. The van der Waals surface area contributed by atoms with E-state index in [1.807, 2.05) is 0 Å². The van der Waals surface area contributed by atoms with E-state index in [1.54, 1.807) is 0 Å². The highest BCUT2D eigenvalue weighted by atomic mass is 79.9. The predicted octanol–water partition coefficient (Wildman–Crippen LogP) is 2.13. The number of rotatable bonds is 3. The number of hydrogen-bond donors (Lipinski definition) is 2. The monoisotopic (exact) mass is 296 g/mol. The number of halogens is 1. The first-order valence-corrected chi connectivity index (χ1v) is 6.69. The van der Waals surface area contributed by atoms with Gasteiger partial charge in [0.1, 0.15) is 0 Å². The van der Waals surface area contributed by atoms with Crippen molar-refractivity contribution in [3.8, 4) is 0 Å². The molecule has 1 aliphatic heterocycles. The second-order valence-electron chi connectivity index (χ2n) is 4.50. The van der Waals surface area contributed by atoms with Crippen LogP contribution in [0, 0.1) is 6.92 Å². The molecule has 1 fully saturated rings. The molecule has 0 saturated carbocycles. The third-order valence-electron chi connectivity index (χ3n) is 3.08. The predicted molar refractivity (Wildman–Crippen MR) is 71.8 cm³/mol. The van der Waals surface area contributed by atoms with E-state index in [4.69, 9.17) is 0 Å². The SMILES string of the molecule is Cc1cc(CNC2CCC(=O)NC2)ccc1Br. The van der Waals surface area contributed by atoms with Crippen molar-refractivity contribution >= 4 is 21.8 Å². The minimum Gasteiger partial charge on any atom is -0.355 e. The number of piperidine rings is 1. The minimum absolute atomic E-state index is 0.169. The molecule has 1 heterocycles. The molecule has 2 rings (SSSR count). The van der Waals surface area contributed by atoms with Gasteiger partial charge in [-0.1, -0.05) is 28.1 Å². The summed E-state index contributed by atoms with van der Waals surface area (Å²) in [6.45, 7) is 3.69. The summed E-state index contributed by atoms with van der Waals surface area (Å²) in [6, 6.07) is 6.77. The highest BCUT2D eigenvalue weighted by Gasteiger charge is 2.16. The van der Waals surface area contributed by atoms with Crippen molar-refractivity contribution in [3.05, 3.63) is 33.8 Å². The van der Waals surface area contributed by atoms with Gasteiger partial charge in [-0.25, -0.2) is 0 Å². The van der Waals surface area contributed by atoms with Gasteiger partial charge in [-0.3, -0.25) is 4.79 Å². The maximum Gasteiger partial charge on any atom is 0.220 e. The van der Waals surface area contributed by atoms with E-state index in [2.05, 4.69) is 51.7 Å². The molecule has 0 radical (unpaired) electrons. The zero-order valence-electron chi connectivity index (χ0n) is 9.92. The smallest absolute Gasteiger partial charge is 0.220 e. The van der Waals surface area contributed by atoms with Gasteiger partial charge in [0.2, 0.25) is 5.91 Å². The van der Waals surface area contributed by atoms with E-state index in [0.29, 0.717) is 12.5 Å². The van der Waals surface area contributed by atoms with Crippen LogP contribution in [0.5, 0.6) is 0 Å². The van der Waals surface area contributed by atoms with E-state index in [0.717, 1.165) is 24.0 Å². The lowest BCUT2D eigenvalue weighted by atomic mass is 10.1. The van der Waals surface area contributed by atoms with Crippen LogP contribution in [0.3, 0.4) is 0 Å². The van der Waals surface area contributed by atoms with Gasteiger partial charge in [0.25, 0.3) is 0 Å². The van der Waals surface area contributed by atoms with Crippen LogP contribution in [-0.2, 0) is 11.3 Å². The third kappa shape index (κ3) is 3.54. The Balaban J connectivity index is 1.85. The third-order valence-corrected chi connectivity index (χ3v) is 3.97. The van der Waals surface area contributed by atoms with Crippen LogP contribution in [0.15, 0.2) is 22.7 Å². The summed E-state index contributed by atoms with van der Waals surface area (Å²) in [5.74, 6) is 0.169. The van der Waals surface area contributed by atoms with Crippen LogP contribution in [0.2, 0.25) is 0 Å². The van der Waals surface area contributed by atoms with Crippen molar-refractivity contribution in [2.24, 2.45) is 0 Å². The molecule has 1 aliphatic rings. The van der Waals surface area contributed by atoms with Crippen LogP contribution in [-0.4, -0.2) is 18.5 Å². The Morgan fingerprint density at radius 2 is 2.35 bits per heavy atom. The minimum atomic E-state index is 0.169. The van der Waals surface area contributed by atoms with E-state index in [9.17, 15) is 4.79 Å². The Labute approximate surface area is 110 Å². The number of nitrogens with one attached hydrogen (secondary N) is 2. The lowest BCUT2D eigenvalue weighted by Gasteiger charge is -2.23. The van der Waals surface area contributed by atoms with Gasteiger partial charge in [0.15, 0.2) is 0 Å². The molecular formula is C13H17BrN2O. The molecule has 1 aromatic carbocycles. The summed E-state index contributed by atoms with van der Waals surface area (Å²) < 4.78 is 1.14. The summed E-state index contributed by atoms with van der Waals surface area (Å²) in [6.07, 6.45) is 1.57. The van der Waals surface area contributed by atoms with Crippen molar-refractivity contribution in [2.75, 3.05) is 6.54 Å². The molecule has 92 valence electrons. The average Bonchev–Trinajstić information content (AvgIpc) is 2.33. The Bertz CT molecular complexity index is 410. The fourth-order valence-electron chi connectivity index (χ4n) is 1.99. The van der Waals surface area contributed by atoms with Crippen LogP contribution in [0.1, 0.15) is 24.0 Å². The summed E-state index contributed by atoms with van der Waals surface area (Å²) >= 11 is 3.50. The van der Waals surface area contributed by atoms with Crippen molar-refractivity contribution in [1.82, 2.24) is 10.6 Å². The maximum atomic E-state index is 11.0. The van der Waals surface area contributed by atoms with Gasteiger partial charge in [-0.2, -0.15) is 0 Å². The number of benzene rings is 1. The lowest BCUT2D eigenvalue weighted by molar-refractivity contribution is -0.122. The first-order chi connectivity index (χ1) is 8.15. The Morgan fingerprint density at radius 3 is 3.00 bits per heavy atom. The molecule has 4 heteroatoms. The number of aryl methyl sites for hydroxylation is 1. The van der Waals surface area contributed by atoms with Crippen LogP contribution < -0.4 is 10.6 Å². The van der Waals surface area contributed by atoms with Crippen molar-refractivity contribution < 1.29 is 4.79 Å². The number of carbonyl (C=O) groups excluding carboxylic acids is 1. The Hall–Kier alpha value is -0.870. The molecule has 2 N–H and O–H groups in total. The molecule has 1 atom stereocenters.